The third-order valence-electron chi connectivity index (χ3n) is 1.55. The molecule has 0 aromatic carbocycles. The summed E-state index contributed by atoms with van der Waals surface area (Å²) in [4.78, 5) is 0. The van der Waals surface area contributed by atoms with Crippen LogP contribution in [0, 0.1) is 0 Å². The van der Waals surface area contributed by atoms with Gasteiger partial charge in [-0.05, 0) is 20.8 Å². The van der Waals surface area contributed by atoms with Gasteiger partial charge in [0.15, 0.2) is 9.84 Å². The standard InChI is InChI=1S/C7H15NO2S/c1-7(2,3)8-6-4-11(9,10)5-6/h6,8H,4-5H2,1-3H3. The Morgan fingerprint density at radius 1 is 1.27 bits per heavy atom. The molecule has 0 saturated carbocycles. The van der Waals surface area contributed by atoms with E-state index in [1.165, 1.54) is 0 Å². The van der Waals surface area contributed by atoms with Gasteiger partial charge in [-0.15, -0.1) is 0 Å². The molecule has 1 saturated heterocycles. The minimum absolute atomic E-state index is 0.0284. The highest BCUT2D eigenvalue weighted by Gasteiger charge is 2.35. The summed E-state index contributed by atoms with van der Waals surface area (Å²) in [6, 6.07) is 0.181. The molecule has 66 valence electrons. The highest BCUT2D eigenvalue weighted by Crippen LogP contribution is 2.13. The van der Waals surface area contributed by atoms with Crippen LogP contribution in [0.5, 0.6) is 0 Å². The Balaban J connectivity index is 2.36. The molecule has 0 aliphatic carbocycles. The highest BCUT2D eigenvalue weighted by molar-refractivity contribution is 7.92. The molecule has 0 spiro atoms. The van der Waals surface area contributed by atoms with Gasteiger partial charge in [0, 0.05) is 11.6 Å². The maximum atomic E-state index is 10.7. The Morgan fingerprint density at radius 2 is 1.73 bits per heavy atom. The lowest BCUT2D eigenvalue weighted by Gasteiger charge is -2.33. The average Bonchev–Trinajstić information content (AvgIpc) is 1.53. The molecule has 0 aromatic rings. The number of sulfone groups is 1. The molecule has 0 radical (unpaired) electrons. The van der Waals surface area contributed by atoms with Crippen molar-refractivity contribution in [3.8, 4) is 0 Å². The van der Waals surface area contributed by atoms with Crippen LogP contribution in [-0.4, -0.2) is 31.5 Å². The Hall–Kier alpha value is -0.0900. The lowest BCUT2D eigenvalue weighted by molar-refractivity contribution is 0.373. The Morgan fingerprint density at radius 3 is 2.00 bits per heavy atom. The smallest absolute Gasteiger partial charge is 0.153 e. The minimum Gasteiger partial charge on any atom is -0.307 e. The van der Waals surface area contributed by atoms with Gasteiger partial charge in [0.1, 0.15) is 0 Å². The second-order valence-corrected chi connectivity index (χ2v) is 6.32. The van der Waals surface area contributed by atoms with Gasteiger partial charge in [-0.3, -0.25) is 0 Å². The minimum atomic E-state index is -2.67. The summed E-state index contributed by atoms with van der Waals surface area (Å²) < 4.78 is 21.5. The summed E-state index contributed by atoms with van der Waals surface area (Å²) in [5, 5.41) is 3.23. The van der Waals surface area contributed by atoms with E-state index in [0.29, 0.717) is 11.5 Å². The van der Waals surface area contributed by atoms with Gasteiger partial charge in [0.05, 0.1) is 11.5 Å². The van der Waals surface area contributed by atoms with Gasteiger partial charge >= 0.3 is 0 Å². The van der Waals surface area contributed by atoms with E-state index in [9.17, 15) is 8.42 Å². The first-order valence-electron chi connectivity index (χ1n) is 3.77. The van der Waals surface area contributed by atoms with E-state index < -0.39 is 9.84 Å². The number of hydrogen-bond acceptors (Lipinski definition) is 3. The van der Waals surface area contributed by atoms with Crippen LogP contribution in [0.4, 0.5) is 0 Å². The summed E-state index contributed by atoms with van der Waals surface area (Å²) in [6.45, 7) is 6.12. The van der Waals surface area contributed by atoms with Crippen molar-refractivity contribution >= 4 is 9.84 Å². The Kier molecular flexibility index (Phi) is 2.01. The molecule has 1 aliphatic rings. The molecule has 0 aromatic heterocycles. The summed E-state index contributed by atoms with van der Waals surface area (Å²) in [5.74, 6) is 0.620. The maximum Gasteiger partial charge on any atom is 0.153 e. The van der Waals surface area contributed by atoms with Crippen molar-refractivity contribution < 1.29 is 8.42 Å². The predicted octanol–water partition coefficient (Wildman–Crippen LogP) is 0.172. The van der Waals surface area contributed by atoms with Crippen molar-refractivity contribution in [2.45, 2.75) is 32.4 Å². The molecular weight excluding hydrogens is 162 g/mol. The van der Waals surface area contributed by atoms with Crippen LogP contribution in [0.1, 0.15) is 20.8 Å². The maximum absolute atomic E-state index is 10.7. The first-order valence-corrected chi connectivity index (χ1v) is 5.59. The zero-order chi connectivity index (χ0) is 8.70. The van der Waals surface area contributed by atoms with E-state index in [4.69, 9.17) is 0 Å². The summed E-state index contributed by atoms with van der Waals surface area (Å²) in [6.07, 6.45) is 0. The molecular formula is C7H15NO2S. The SMILES string of the molecule is CC(C)(C)NC1CS(=O)(=O)C1. The first-order chi connectivity index (χ1) is 4.79. The van der Waals surface area contributed by atoms with Crippen LogP contribution in [0.2, 0.25) is 0 Å². The quantitative estimate of drug-likeness (QED) is 0.621. The lowest BCUT2D eigenvalue weighted by atomic mass is 10.1. The van der Waals surface area contributed by atoms with Crippen molar-refractivity contribution in [1.29, 1.82) is 0 Å². The lowest BCUT2D eigenvalue weighted by Crippen LogP contribution is -2.56. The van der Waals surface area contributed by atoms with E-state index in [-0.39, 0.29) is 11.6 Å². The number of hydrogen-bond donors (Lipinski definition) is 1. The topological polar surface area (TPSA) is 46.2 Å². The second-order valence-electron chi connectivity index (χ2n) is 4.17. The van der Waals surface area contributed by atoms with Gasteiger partial charge < -0.3 is 5.32 Å². The second kappa shape index (κ2) is 2.45. The molecule has 0 bridgehead atoms. The van der Waals surface area contributed by atoms with Crippen LogP contribution in [0.3, 0.4) is 0 Å². The fraction of sp³-hybridized carbons (Fsp3) is 1.00. The molecule has 11 heavy (non-hydrogen) atoms. The normalized spacial score (nSPS) is 24.6. The highest BCUT2D eigenvalue weighted by atomic mass is 32.2. The molecule has 1 N–H and O–H groups in total. The molecule has 1 rings (SSSR count). The molecule has 1 heterocycles. The monoisotopic (exact) mass is 177 g/mol. The third kappa shape index (κ3) is 2.79. The summed E-state index contributed by atoms with van der Waals surface area (Å²) >= 11 is 0. The van der Waals surface area contributed by atoms with Crippen LogP contribution in [0.15, 0.2) is 0 Å². The van der Waals surface area contributed by atoms with Crippen LogP contribution < -0.4 is 5.32 Å². The summed E-state index contributed by atoms with van der Waals surface area (Å²) in [5.41, 5.74) is 0.0284. The summed E-state index contributed by atoms with van der Waals surface area (Å²) in [7, 11) is -2.67. The van der Waals surface area contributed by atoms with Crippen LogP contribution >= 0.6 is 0 Å². The Labute approximate surface area is 68.1 Å². The van der Waals surface area contributed by atoms with E-state index >= 15 is 0 Å². The van der Waals surface area contributed by atoms with Gasteiger partial charge in [-0.2, -0.15) is 0 Å². The van der Waals surface area contributed by atoms with Crippen molar-refractivity contribution in [2.24, 2.45) is 0 Å². The fourth-order valence-electron chi connectivity index (χ4n) is 1.26. The Bertz CT molecular complexity index is 226. The van der Waals surface area contributed by atoms with Crippen molar-refractivity contribution in [2.75, 3.05) is 11.5 Å². The van der Waals surface area contributed by atoms with Gasteiger partial charge in [0.25, 0.3) is 0 Å². The molecule has 3 nitrogen and oxygen atoms in total. The first kappa shape index (κ1) is 9.00. The van der Waals surface area contributed by atoms with Gasteiger partial charge in [-0.1, -0.05) is 0 Å². The average molecular weight is 177 g/mol. The number of rotatable bonds is 1. The van der Waals surface area contributed by atoms with Gasteiger partial charge in [0.2, 0.25) is 0 Å². The van der Waals surface area contributed by atoms with E-state index in [1.54, 1.807) is 0 Å². The van der Waals surface area contributed by atoms with Gasteiger partial charge in [-0.25, -0.2) is 8.42 Å². The van der Waals surface area contributed by atoms with E-state index in [0.717, 1.165) is 0 Å². The zero-order valence-corrected chi connectivity index (χ0v) is 8.03. The largest absolute Gasteiger partial charge is 0.307 e. The van der Waals surface area contributed by atoms with E-state index in [2.05, 4.69) is 5.32 Å². The fourth-order valence-corrected chi connectivity index (χ4v) is 2.56. The third-order valence-corrected chi connectivity index (χ3v) is 3.37. The molecule has 1 aliphatic heterocycles. The van der Waals surface area contributed by atoms with Crippen LogP contribution in [-0.2, 0) is 9.84 Å². The predicted molar refractivity (Wildman–Crippen MR) is 45.3 cm³/mol. The molecule has 0 atom stereocenters. The van der Waals surface area contributed by atoms with Crippen molar-refractivity contribution in [3.63, 3.8) is 0 Å². The molecule has 1 fully saturated rings. The van der Waals surface area contributed by atoms with Crippen LogP contribution in [0.25, 0.3) is 0 Å². The number of nitrogens with one attached hydrogen (secondary N) is 1. The molecule has 0 amide bonds. The molecule has 4 heteroatoms. The zero-order valence-electron chi connectivity index (χ0n) is 7.22. The van der Waals surface area contributed by atoms with Crippen molar-refractivity contribution in [3.05, 3.63) is 0 Å². The molecule has 0 unspecified atom stereocenters. The van der Waals surface area contributed by atoms with Crippen molar-refractivity contribution in [1.82, 2.24) is 5.32 Å². The van der Waals surface area contributed by atoms with E-state index in [1.807, 2.05) is 20.8 Å².